The minimum absolute atomic E-state index is 0.00495. The molecule has 10 nitrogen and oxygen atoms in total. The van der Waals surface area contributed by atoms with Crippen molar-refractivity contribution in [3.05, 3.63) is 71.0 Å². The van der Waals surface area contributed by atoms with Crippen molar-refractivity contribution in [3.63, 3.8) is 0 Å². The number of fused-ring (bicyclic) bond motifs is 1. The maximum Gasteiger partial charge on any atom is 0.410 e. The van der Waals surface area contributed by atoms with Gasteiger partial charge >= 0.3 is 6.09 Å². The van der Waals surface area contributed by atoms with E-state index >= 15 is 0 Å². The second-order valence-electron chi connectivity index (χ2n) is 12.7. The molecule has 0 radical (unpaired) electrons. The first-order valence-electron chi connectivity index (χ1n) is 15.5. The smallest absolute Gasteiger partial charge is 0.410 e. The van der Waals surface area contributed by atoms with Gasteiger partial charge in [0.1, 0.15) is 16.3 Å². The highest BCUT2D eigenvalue weighted by Crippen LogP contribution is 2.32. The Morgan fingerprint density at radius 3 is 2.43 bits per heavy atom. The molecule has 4 aromatic rings. The zero-order chi connectivity index (χ0) is 33.2. The summed E-state index contributed by atoms with van der Waals surface area (Å²) in [6.45, 7) is 9.57. The van der Waals surface area contributed by atoms with Gasteiger partial charge in [0.25, 0.3) is 10.0 Å². The molecular weight excluding hydrogens is 624 g/mol. The molecule has 0 unspecified atom stereocenters. The largest absolute Gasteiger partial charge is 0.444 e. The Morgan fingerprint density at radius 2 is 1.78 bits per heavy atom. The highest BCUT2D eigenvalue weighted by molar-refractivity contribution is 7.92. The molecule has 2 aromatic carbocycles. The van der Waals surface area contributed by atoms with Crippen LogP contribution in [0.1, 0.15) is 64.6 Å². The number of ether oxygens (including phenoxy) is 1. The fourth-order valence-electron chi connectivity index (χ4n) is 5.77. The third-order valence-corrected chi connectivity index (χ3v) is 10.0. The standard InChI is InChI=1S/C34H41ClN6O4S/c1-7-22-18-23(27-16-17-30(37-21(27)2)40-46(43,44)29-11-9-8-10-28(29)35)19-24-20-36-32(39-31(22)24)38-25-12-14-26(15-13-25)41(6)33(42)45-34(3,4)5/h8-11,16-20,25-26H,7,12-15H2,1-6H3,(H,37,40)(H,36,38,39). The minimum Gasteiger partial charge on any atom is -0.444 e. The maximum absolute atomic E-state index is 12.9. The van der Waals surface area contributed by atoms with Crippen molar-refractivity contribution in [1.29, 1.82) is 0 Å². The van der Waals surface area contributed by atoms with Crippen molar-refractivity contribution in [2.45, 2.75) is 89.3 Å². The van der Waals surface area contributed by atoms with Crippen LogP contribution in [0.4, 0.5) is 16.6 Å². The van der Waals surface area contributed by atoms with Crippen LogP contribution in [-0.4, -0.2) is 59.1 Å². The van der Waals surface area contributed by atoms with Crippen molar-refractivity contribution in [2.24, 2.45) is 0 Å². The van der Waals surface area contributed by atoms with Gasteiger partial charge in [0.2, 0.25) is 5.95 Å². The number of nitrogens with zero attached hydrogens (tertiary/aromatic N) is 4. The van der Waals surface area contributed by atoms with Gasteiger partial charge in [0.15, 0.2) is 0 Å². The Labute approximate surface area is 276 Å². The molecule has 2 aromatic heterocycles. The number of aromatic nitrogens is 3. The number of nitrogens with one attached hydrogen (secondary N) is 2. The Bertz CT molecular complexity index is 1850. The second kappa shape index (κ2) is 13.4. The van der Waals surface area contributed by atoms with E-state index in [1.165, 1.54) is 12.1 Å². The molecule has 0 bridgehead atoms. The third-order valence-electron chi connectivity index (χ3n) is 8.16. The summed E-state index contributed by atoms with van der Waals surface area (Å²) in [5, 5.41) is 4.56. The maximum atomic E-state index is 12.9. The number of anilines is 2. The number of aryl methyl sites for hydroxylation is 2. The van der Waals surface area contributed by atoms with E-state index in [9.17, 15) is 13.2 Å². The molecule has 2 N–H and O–H groups in total. The summed E-state index contributed by atoms with van der Waals surface area (Å²) in [5.74, 6) is 0.800. The van der Waals surface area contributed by atoms with Gasteiger partial charge in [-0.2, -0.15) is 0 Å². The number of rotatable bonds is 8. The lowest BCUT2D eigenvalue weighted by molar-refractivity contribution is 0.0185. The number of carbonyl (C=O) groups excluding carboxylic acids is 1. The average molecular weight is 665 g/mol. The lowest BCUT2D eigenvalue weighted by atomic mass is 9.90. The van der Waals surface area contributed by atoms with Crippen LogP contribution >= 0.6 is 11.6 Å². The molecule has 1 fully saturated rings. The predicted octanol–water partition coefficient (Wildman–Crippen LogP) is 7.61. The molecule has 1 aliphatic rings. The van der Waals surface area contributed by atoms with Crippen LogP contribution in [0.5, 0.6) is 0 Å². The van der Waals surface area contributed by atoms with Crippen LogP contribution in [0.3, 0.4) is 0 Å². The first-order valence-corrected chi connectivity index (χ1v) is 17.4. The number of pyridine rings is 1. The number of amides is 1. The van der Waals surface area contributed by atoms with Crippen LogP contribution in [0.25, 0.3) is 22.0 Å². The highest BCUT2D eigenvalue weighted by atomic mass is 35.5. The van der Waals surface area contributed by atoms with Crippen molar-refractivity contribution in [3.8, 4) is 11.1 Å². The molecule has 46 heavy (non-hydrogen) atoms. The number of hydrogen-bond acceptors (Lipinski definition) is 8. The Balaban J connectivity index is 1.29. The van der Waals surface area contributed by atoms with E-state index < -0.39 is 15.6 Å². The topological polar surface area (TPSA) is 126 Å². The molecule has 1 saturated carbocycles. The second-order valence-corrected chi connectivity index (χ2v) is 14.8. The van der Waals surface area contributed by atoms with Gasteiger partial charge in [0, 0.05) is 42.0 Å². The van der Waals surface area contributed by atoms with E-state index in [-0.39, 0.29) is 33.9 Å². The zero-order valence-electron chi connectivity index (χ0n) is 27.1. The molecule has 2 heterocycles. The first-order chi connectivity index (χ1) is 21.7. The van der Waals surface area contributed by atoms with E-state index in [0.717, 1.165) is 59.7 Å². The average Bonchev–Trinajstić information content (AvgIpc) is 3.00. The van der Waals surface area contributed by atoms with Gasteiger partial charge in [-0.25, -0.2) is 28.2 Å². The summed E-state index contributed by atoms with van der Waals surface area (Å²) in [7, 11) is -2.08. The quantitative estimate of drug-likeness (QED) is 0.197. The summed E-state index contributed by atoms with van der Waals surface area (Å²) in [6, 6.07) is 14.3. The van der Waals surface area contributed by atoms with E-state index in [1.807, 2.05) is 53.1 Å². The fourth-order valence-corrected chi connectivity index (χ4v) is 7.29. The lowest BCUT2D eigenvalue weighted by Gasteiger charge is -2.35. The molecule has 1 amide bonds. The summed E-state index contributed by atoms with van der Waals surface area (Å²) in [5.41, 5.74) is 3.95. The molecule has 5 rings (SSSR count). The van der Waals surface area contributed by atoms with Crippen LogP contribution in [0, 0.1) is 6.92 Å². The van der Waals surface area contributed by atoms with Crippen molar-refractivity contribution < 1.29 is 17.9 Å². The molecule has 12 heteroatoms. The number of hydrogen-bond donors (Lipinski definition) is 2. The van der Waals surface area contributed by atoms with Gasteiger partial charge in [-0.3, -0.25) is 4.72 Å². The van der Waals surface area contributed by atoms with Gasteiger partial charge in [0.05, 0.1) is 10.5 Å². The monoisotopic (exact) mass is 664 g/mol. The minimum atomic E-state index is -3.90. The van der Waals surface area contributed by atoms with E-state index in [2.05, 4.69) is 33.0 Å². The first kappa shape index (κ1) is 33.4. The van der Waals surface area contributed by atoms with Crippen LogP contribution < -0.4 is 10.0 Å². The zero-order valence-corrected chi connectivity index (χ0v) is 28.7. The van der Waals surface area contributed by atoms with Crippen molar-refractivity contribution in [1.82, 2.24) is 19.9 Å². The summed E-state index contributed by atoms with van der Waals surface area (Å²) in [4.78, 5) is 28.3. The third kappa shape index (κ3) is 7.70. The fraction of sp³-hybridized carbons (Fsp3) is 0.412. The van der Waals surface area contributed by atoms with Gasteiger partial charge in [-0.15, -0.1) is 0 Å². The van der Waals surface area contributed by atoms with Crippen LogP contribution in [0.15, 0.2) is 59.6 Å². The van der Waals surface area contributed by atoms with Gasteiger partial charge in [-0.1, -0.05) is 30.7 Å². The van der Waals surface area contributed by atoms with Gasteiger partial charge in [-0.05, 0) is 107 Å². The molecular formula is C34H41ClN6O4S. The number of sulfonamides is 1. The van der Waals surface area contributed by atoms with E-state index in [4.69, 9.17) is 21.3 Å². The lowest BCUT2D eigenvalue weighted by Crippen LogP contribution is -2.43. The summed E-state index contributed by atoms with van der Waals surface area (Å²) >= 11 is 6.12. The molecule has 1 aliphatic carbocycles. The normalized spacial score (nSPS) is 17.0. The Hall–Kier alpha value is -3.96. The Morgan fingerprint density at radius 1 is 1.07 bits per heavy atom. The Kier molecular flexibility index (Phi) is 9.74. The highest BCUT2D eigenvalue weighted by Gasteiger charge is 2.29. The number of carbonyl (C=O) groups is 1. The summed E-state index contributed by atoms with van der Waals surface area (Å²) < 4.78 is 33.9. The van der Waals surface area contributed by atoms with Crippen LogP contribution in [-0.2, 0) is 21.2 Å². The molecule has 0 spiro atoms. The molecule has 0 aliphatic heterocycles. The van der Waals surface area contributed by atoms with E-state index in [0.29, 0.717) is 11.6 Å². The van der Waals surface area contributed by atoms with Crippen molar-refractivity contribution >= 4 is 50.4 Å². The number of halogens is 1. The summed E-state index contributed by atoms with van der Waals surface area (Å²) in [6.07, 6.45) is 5.87. The van der Waals surface area contributed by atoms with Crippen molar-refractivity contribution in [2.75, 3.05) is 17.1 Å². The van der Waals surface area contributed by atoms with Crippen LogP contribution in [0.2, 0.25) is 5.02 Å². The van der Waals surface area contributed by atoms with E-state index in [1.54, 1.807) is 23.1 Å². The number of benzene rings is 2. The molecule has 244 valence electrons. The SMILES string of the molecule is CCc1cc(-c2ccc(NS(=O)(=O)c3ccccc3Cl)nc2C)cc2cnc(NC3CCC(N(C)C(=O)OC(C)(C)C)CC3)nc12. The molecule has 0 atom stereocenters. The van der Waals surface area contributed by atoms with Gasteiger partial charge < -0.3 is 15.0 Å². The molecule has 0 saturated heterocycles. The predicted molar refractivity (Wildman–Crippen MR) is 183 cm³/mol.